The highest BCUT2D eigenvalue weighted by Crippen LogP contribution is 2.14. The van der Waals surface area contributed by atoms with Crippen molar-refractivity contribution in [3.63, 3.8) is 0 Å². The van der Waals surface area contributed by atoms with Gasteiger partial charge >= 0.3 is 5.97 Å². The van der Waals surface area contributed by atoms with E-state index in [-0.39, 0.29) is 25.1 Å². The van der Waals surface area contributed by atoms with Crippen LogP contribution in [0, 0.1) is 5.92 Å². The summed E-state index contributed by atoms with van der Waals surface area (Å²) in [5, 5.41) is 8.60. The second-order valence-electron chi connectivity index (χ2n) is 6.05. The number of hydrogen-bond acceptors (Lipinski definition) is 4. The van der Waals surface area contributed by atoms with Gasteiger partial charge in [0.1, 0.15) is 6.61 Å². The highest BCUT2D eigenvalue weighted by atomic mass is 32.2. The molecular weight excluding hydrogens is 296 g/mol. The molecule has 0 amide bonds. The third-order valence-corrected chi connectivity index (χ3v) is 5.06. The average Bonchev–Trinajstić information content (AvgIpc) is 2.53. The Hall–Kier alpha value is -0.220. The molecule has 22 heavy (non-hydrogen) atoms. The maximum Gasteiger partial charge on any atom is 0.309 e. The summed E-state index contributed by atoms with van der Waals surface area (Å²) in [5.74, 6) is 1.69. The fraction of sp³-hybridized carbons (Fsp3) is 0.944. The zero-order chi connectivity index (χ0) is 16.5. The summed E-state index contributed by atoms with van der Waals surface area (Å²) >= 11 is 1.84. The molecule has 0 aromatic rings. The first kappa shape index (κ1) is 21.8. The van der Waals surface area contributed by atoms with Crippen LogP contribution in [0.1, 0.15) is 78.1 Å². The van der Waals surface area contributed by atoms with Gasteiger partial charge in [0.15, 0.2) is 0 Å². The third-order valence-electron chi connectivity index (χ3n) is 3.75. The van der Waals surface area contributed by atoms with Crippen molar-refractivity contribution in [2.75, 3.05) is 24.7 Å². The molecule has 0 aliphatic carbocycles. The fourth-order valence-corrected chi connectivity index (χ4v) is 3.37. The molecule has 0 bridgehead atoms. The summed E-state index contributed by atoms with van der Waals surface area (Å²) < 4.78 is 4.91. The number of ether oxygens (including phenoxy) is 1. The molecule has 0 fully saturated rings. The molecule has 0 aromatic carbocycles. The fourth-order valence-electron chi connectivity index (χ4n) is 2.31. The highest BCUT2D eigenvalue weighted by molar-refractivity contribution is 7.99. The van der Waals surface area contributed by atoms with E-state index in [0.29, 0.717) is 0 Å². The Morgan fingerprint density at radius 3 is 2.09 bits per heavy atom. The first-order chi connectivity index (χ1) is 10.7. The summed E-state index contributed by atoms with van der Waals surface area (Å²) in [6.45, 7) is 4.18. The van der Waals surface area contributed by atoms with Crippen molar-refractivity contribution >= 4 is 17.7 Å². The Bertz CT molecular complexity index is 246. The van der Waals surface area contributed by atoms with E-state index < -0.39 is 0 Å². The number of carbonyl (C=O) groups excluding carboxylic acids is 1. The van der Waals surface area contributed by atoms with Crippen LogP contribution in [0.2, 0.25) is 0 Å². The van der Waals surface area contributed by atoms with Crippen LogP contribution in [0.25, 0.3) is 0 Å². The van der Waals surface area contributed by atoms with E-state index in [1.54, 1.807) is 0 Å². The summed E-state index contributed by atoms with van der Waals surface area (Å²) in [4.78, 5) is 11.5. The van der Waals surface area contributed by atoms with Crippen molar-refractivity contribution in [1.29, 1.82) is 0 Å². The summed E-state index contributed by atoms with van der Waals surface area (Å²) in [7, 11) is 0. The van der Waals surface area contributed by atoms with Gasteiger partial charge in [-0.1, -0.05) is 71.6 Å². The standard InChI is InChI=1S/C18H36O3S/c1-3-4-5-6-7-8-9-10-11-12-15-22-16-17(2)18(20)21-14-13-19/h17,19H,3-16H2,1-2H3. The minimum absolute atomic E-state index is 0.0697. The van der Waals surface area contributed by atoms with Crippen LogP contribution in [0.4, 0.5) is 0 Å². The topological polar surface area (TPSA) is 46.5 Å². The van der Waals surface area contributed by atoms with Crippen molar-refractivity contribution in [3.05, 3.63) is 0 Å². The molecule has 3 nitrogen and oxygen atoms in total. The van der Waals surface area contributed by atoms with Gasteiger partial charge in [0.2, 0.25) is 0 Å². The Balaban J connectivity index is 3.21. The van der Waals surface area contributed by atoms with Crippen LogP contribution in [0.15, 0.2) is 0 Å². The van der Waals surface area contributed by atoms with E-state index in [2.05, 4.69) is 6.92 Å². The molecular formula is C18H36O3S. The second-order valence-corrected chi connectivity index (χ2v) is 7.20. The zero-order valence-electron chi connectivity index (χ0n) is 14.6. The van der Waals surface area contributed by atoms with Gasteiger partial charge in [-0.3, -0.25) is 4.79 Å². The molecule has 4 heteroatoms. The molecule has 0 saturated heterocycles. The van der Waals surface area contributed by atoms with Gasteiger partial charge in [0.25, 0.3) is 0 Å². The minimum atomic E-state index is -0.190. The van der Waals surface area contributed by atoms with Crippen LogP contribution in [0.3, 0.4) is 0 Å². The molecule has 0 aliphatic heterocycles. The quantitative estimate of drug-likeness (QED) is 0.325. The van der Waals surface area contributed by atoms with Gasteiger partial charge in [-0.2, -0.15) is 11.8 Å². The number of carbonyl (C=O) groups is 1. The summed E-state index contributed by atoms with van der Waals surface area (Å²) in [6, 6.07) is 0. The van der Waals surface area contributed by atoms with Crippen molar-refractivity contribution in [2.45, 2.75) is 78.1 Å². The van der Waals surface area contributed by atoms with E-state index >= 15 is 0 Å². The third kappa shape index (κ3) is 14.7. The predicted molar refractivity (Wildman–Crippen MR) is 96.4 cm³/mol. The van der Waals surface area contributed by atoms with Gasteiger partial charge < -0.3 is 9.84 Å². The average molecular weight is 333 g/mol. The molecule has 0 spiro atoms. The van der Waals surface area contributed by atoms with Crippen molar-refractivity contribution < 1.29 is 14.6 Å². The van der Waals surface area contributed by atoms with Crippen molar-refractivity contribution in [1.82, 2.24) is 0 Å². The smallest absolute Gasteiger partial charge is 0.309 e. The van der Waals surface area contributed by atoms with Gasteiger partial charge in [-0.05, 0) is 12.2 Å². The van der Waals surface area contributed by atoms with Gasteiger partial charge in [0.05, 0.1) is 12.5 Å². The molecule has 0 aliphatic rings. The van der Waals surface area contributed by atoms with Crippen LogP contribution in [-0.2, 0) is 9.53 Å². The van der Waals surface area contributed by atoms with E-state index in [9.17, 15) is 4.79 Å². The number of unbranched alkanes of at least 4 members (excludes halogenated alkanes) is 9. The molecule has 1 atom stereocenters. The first-order valence-corrected chi connectivity index (χ1v) is 10.2. The SMILES string of the molecule is CCCCCCCCCCCCSCC(C)C(=O)OCCO. The number of thioether (sulfide) groups is 1. The number of aliphatic hydroxyl groups is 1. The van der Waals surface area contributed by atoms with Crippen molar-refractivity contribution in [3.8, 4) is 0 Å². The van der Waals surface area contributed by atoms with Crippen LogP contribution in [-0.4, -0.2) is 35.8 Å². The number of hydrogen-bond donors (Lipinski definition) is 1. The molecule has 0 saturated carbocycles. The molecule has 0 aromatic heterocycles. The number of aliphatic hydroxyl groups excluding tert-OH is 1. The van der Waals surface area contributed by atoms with E-state index in [4.69, 9.17) is 9.84 Å². The largest absolute Gasteiger partial charge is 0.463 e. The van der Waals surface area contributed by atoms with Gasteiger partial charge in [0, 0.05) is 5.75 Å². The lowest BCUT2D eigenvalue weighted by Gasteiger charge is -2.10. The lowest BCUT2D eigenvalue weighted by atomic mass is 10.1. The minimum Gasteiger partial charge on any atom is -0.463 e. The Morgan fingerprint density at radius 2 is 1.55 bits per heavy atom. The van der Waals surface area contributed by atoms with Gasteiger partial charge in [-0.15, -0.1) is 0 Å². The molecule has 0 radical (unpaired) electrons. The Labute approximate surface area is 141 Å². The van der Waals surface area contributed by atoms with Crippen LogP contribution >= 0.6 is 11.8 Å². The summed E-state index contributed by atoms with van der Waals surface area (Å²) in [6.07, 6.45) is 13.6. The molecule has 1 unspecified atom stereocenters. The number of rotatable bonds is 16. The molecule has 0 heterocycles. The number of esters is 1. The lowest BCUT2D eigenvalue weighted by molar-refractivity contribution is -0.148. The van der Waals surface area contributed by atoms with Crippen molar-refractivity contribution in [2.24, 2.45) is 5.92 Å². The van der Waals surface area contributed by atoms with E-state index in [1.807, 2.05) is 18.7 Å². The maximum atomic E-state index is 11.5. The van der Waals surface area contributed by atoms with E-state index in [0.717, 1.165) is 11.5 Å². The van der Waals surface area contributed by atoms with Crippen LogP contribution in [0.5, 0.6) is 0 Å². The second kappa shape index (κ2) is 17.1. The summed E-state index contributed by atoms with van der Waals surface area (Å²) in [5.41, 5.74) is 0. The highest BCUT2D eigenvalue weighted by Gasteiger charge is 2.13. The lowest BCUT2D eigenvalue weighted by Crippen LogP contribution is -2.18. The van der Waals surface area contributed by atoms with E-state index in [1.165, 1.54) is 64.2 Å². The molecule has 132 valence electrons. The monoisotopic (exact) mass is 332 g/mol. The normalized spacial score (nSPS) is 12.3. The maximum absolute atomic E-state index is 11.5. The molecule has 1 N–H and O–H groups in total. The predicted octanol–water partition coefficient (Wildman–Crippen LogP) is 4.81. The van der Waals surface area contributed by atoms with Crippen LogP contribution < -0.4 is 0 Å². The Morgan fingerprint density at radius 1 is 1.00 bits per heavy atom. The zero-order valence-corrected chi connectivity index (χ0v) is 15.5. The molecule has 0 rings (SSSR count). The first-order valence-electron chi connectivity index (χ1n) is 9.07. The Kier molecular flexibility index (Phi) is 17.0. The van der Waals surface area contributed by atoms with Gasteiger partial charge in [-0.25, -0.2) is 0 Å².